The van der Waals surface area contributed by atoms with E-state index in [2.05, 4.69) is 20.1 Å². The van der Waals surface area contributed by atoms with Gasteiger partial charge in [-0.2, -0.15) is 9.61 Å². The first-order chi connectivity index (χ1) is 17.5. The third-order valence-electron chi connectivity index (χ3n) is 7.42. The van der Waals surface area contributed by atoms with Crippen LogP contribution in [0.5, 0.6) is 0 Å². The predicted octanol–water partition coefficient (Wildman–Crippen LogP) is 2.20. The Morgan fingerprint density at radius 1 is 1.17 bits per heavy atom. The molecule has 2 saturated heterocycles. The van der Waals surface area contributed by atoms with E-state index in [1.165, 1.54) is 11.4 Å². The molecule has 2 aliphatic rings. The number of aliphatic hydroxyl groups excluding tert-OH is 1. The number of fused-ring (bicyclic) bond motifs is 3. The number of nitrogens with one attached hydrogen (secondary N) is 1. The highest BCUT2D eigenvalue weighted by molar-refractivity contribution is 6.00. The largest absolute Gasteiger partial charge is 0.387 e. The Hall–Kier alpha value is -4.12. The molecule has 0 saturated carbocycles. The number of hydrogen-bond donors (Lipinski definition) is 3. The van der Waals surface area contributed by atoms with E-state index in [1.807, 2.05) is 17.0 Å². The molecular formula is C25H26N8O3. The summed E-state index contributed by atoms with van der Waals surface area (Å²) in [4.78, 5) is 43.6. The lowest BCUT2D eigenvalue weighted by Gasteiger charge is -2.39. The van der Waals surface area contributed by atoms with Crippen LogP contribution < -0.4 is 5.73 Å². The minimum absolute atomic E-state index is 0.0233. The molecule has 0 radical (unpaired) electrons. The van der Waals surface area contributed by atoms with Crippen LogP contribution in [0.1, 0.15) is 54.6 Å². The minimum Gasteiger partial charge on any atom is -0.387 e. The van der Waals surface area contributed by atoms with Gasteiger partial charge in [-0.15, -0.1) is 0 Å². The van der Waals surface area contributed by atoms with Crippen LogP contribution in [0.15, 0.2) is 36.9 Å². The molecule has 0 aliphatic carbocycles. The van der Waals surface area contributed by atoms with Crippen molar-refractivity contribution in [1.29, 1.82) is 0 Å². The number of piperidine rings is 1. The van der Waals surface area contributed by atoms with Gasteiger partial charge in [0.15, 0.2) is 17.3 Å². The summed E-state index contributed by atoms with van der Waals surface area (Å²) in [5.41, 5.74) is 10.4. The van der Waals surface area contributed by atoms with Gasteiger partial charge in [0.05, 0.1) is 17.5 Å². The molecule has 6 heterocycles. The molecule has 2 aliphatic heterocycles. The minimum atomic E-state index is -0.487. The number of aliphatic hydroxyl groups is 1. The van der Waals surface area contributed by atoms with E-state index in [0.717, 1.165) is 24.0 Å². The van der Waals surface area contributed by atoms with Crippen molar-refractivity contribution in [1.82, 2.24) is 34.4 Å². The van der Waals surface area contributed by atoms with Crippen molar-refractivity contribution in [3.8, 4) is 22.6 Å². The van der Waals surface area contributed by atoms with Crippen LogP contribution in [-0.4, -0.2) is 69.9 Å². The van der Waals surface area contributed by atoms with Gasteiger partial charge in [0.1, 0.15) is 18.1 Å². The Balaban J connectivity index is 1.42. The molecule has 2 fully saturated rings. The number of nitrogens with two attached hydrogens (primary N) is 1. The molecule has 0 spiro atoms. The van der Waals surface area contributed by atoms with Crippen LogP contribution in [0.2, 0.25) is 0 Å². The summed E-state index contributed by atoms with van der Waals surface area (Å²) >= 11 is 0. The maximum absolute atomic E-state index is 12.7. The highest BCUT2D eigenvalue weighted by atomic mass is 16.3. The number of Topliss-reactive ketones (excluding diaryl/α,β-unsaturated/α-hetero) is 1. The Labute approximate surface area is 206 Å². The van der Waals surface area contributed by atoms with Crippen molar-refractivity contribution in [3.63, 3.8) is 0 Å². The summed E-state index contributed by atoms with van der Waals surface area (Å²) < 4.78 is 1.51. The van der Waals surface area contributed by atoms with E-state index >= 15 is 0 Å². The number of nitrogen functional groups attached to an aromatic ring is 1. The Kier molecular flexibility index (Phi) is 5.29. The lowest BCUT2D eigenvalue weighted by molar-refractivity contribution is -0.138. The fourth-order valence-corrected chi connectivity index (χ4v) is 5.88. The summed E-state index contributed by atoms with van der Waals surface area (Å²) in [6.07, 6.45) is 9.95. The first-order valence-corrected chi connectivity index (χ1v) is 12.0. The first kappa shape index (κ1) is 22.4. The molecule has 36 heavy (non-hydrogen) atoms. The van der Waals surface area contributed by atoms with E-state index in [1.54, 1.807) is 24.8 Å². The van der Waals surface area contributed by atoms with Crippen molar-refractivity contribution in [2.24, 2.45) is 0 Å². The maximum Gasteiger partial charge on any atom is 0.248 e. The van der Waals surface area contributed by atoms with Crippen molar-refractivity contribution in [2.45, 2.75) is 50.6 Å². The Morgan fingerprint density at radius 2 is 1.94 bits per heavy atom. The Morgan fingerprint density at radius 3 is 2.56 bits per heavy atom. The number of aromatic amines is 1. The third-order valence-corrected chi connectivity index (χ3v) is 7.42. The van der Waals surface area contributed by atoms with Gasteiger partial charge in [-0.05, 0) is 38.7 Å². The number of carbonyl (C=O) groups is 2. The second kappa shape index (κ2) is 8.52. The molecule has 4 aromatic rings. The number of imidazole rings is 1. The number of H-pyrrole nitrogens is 1. The second-order valence-corrected chi connectivity index (χ2v) is 9.49. The Bertz CT molecular complexity index is 1450. The normalized spacial score (nSPS) is 21.3. The van der Waals surface area contributed by atoms with Crippen LogP contribution in [-0.2, 0) is 4.79 Å². The van der Waals surface area contributed by atoms with Crippen LogP contribution in [0.25, 0.3) is 28.3 Å². The average Bonchev–Trinajstić information content (AvgIpc) is 3.62. The molecule has 0 aromatic carbocycles. The number of carbonyl (C=O) groups excluding carboxylic acids is 2. The third kappa shape index (κ3) is 3.46. The zero-order valence-corrected chi connectivity index (χ0v) is 19.8. The van der Waals surface area contributed by atoms with Gasteiger partial charge < -0.3 is 20.7 Å². The molecule has 4 aromatic heterocycles. The van der Waals surface area contributed by atoms with Crippen molar-refractivity contribution >= 4 is 23.2 Å². The number of aromatic nitrogens is 6. The van der Waals surface area contributed by atoms with Gasteiger partial charge in [0, 0.05) is 47.7 Å². The number of hydrogen-bond acceptors (Lipinski definition) is 8. The lowest BCUT2D eigenvalue weighted by Crippen LogP contribution is -2.47. The van der Waals surface area contributed by atoms with Crippen molar-refractivity contribution < 1.29 is 14.7 Å². The van der Waals surface area contributed by atoms with Gasteiger partial charge in [-0.25, -0.2) is 9.97 Å². The number of amides is 1. The van der Waals surface area contributed by atoms with E-state index < -0.39 is 6.61 Å². The number of pyridine rings is 1. The summed E-state index contributed by atoms with van der Waals surface area (Å²) in [6.45, 7) is 1.00. The van der Waals surface area contributed by atoms with E-state index in [0.29, 0.717) is 41.3 Å². The molecular weight excluding hydrogens is 460 g/mol. The van der Waals surface area contributed by atoms with E-state index in [4.69, 9.17) is 10.7 Å². The monoisotopic (exact) mass is 486 g/mol. The molecule has 184 valence electrons. The molecule has 3 atom stereocenters. The molecule has 1 unspecified atom stereocenters. The average molecular weight is 487 g/mol. The van der Waals surface area contributed by atoms with Gasteiger partial charge in [-0.1, -0.05) is 6.07 Å². The van der Waals surface area contributed by atoms with Crippen molar-refractivity contribution in [2.75, 3.05) is 12.3 Å². The standard InChI is InChI=1S/C25H26N8O3/c1-13(35)21-22(15-8-16-3-4-17(9-15)32(16)20(36)12-34)31-25-18(11-30-33(25)23(21)26)14-2-5-19(29-10-14)24-27-6-7-28-24/h2,5-7,10-11,15-17,34H,3-4,8-9,12,26H2,1H3,(H,27,28)/t15?,16-,17+. The van der Waals surface area contributed by atoms with E-state index in [9.17, 15) is 14.7 Å². The SMILES string of the molecule is CC(=O)c1c(C2C[C@H]3CC[C@@H](C2)N3C(=O)CO)nc2c(-c3ccc(-c4ncc[nH]4)nc3)cnn2c1N. The van der Waals surface area contributed by atoms with Crippen molar-refractivity contribution in [3.05, 3.63) is 48.2 Å². The summed E-state index contributed by atoms with van der Waals surface area (Å²) in [5, 5.41) is 13.8. The van der Waals surface area contributed by atoms with Crippen LogP contribution >= 0.6 is 0 Å². The topological polar surface area (TPSA) is 155 Å². The van der Waals surface area contributed by atoms with E-state index in [-0.39, 0.29) is 35.5 Å². The molecule has 2 bridgehead atoms. The number of ketones is 1. The zero-order chi connectivity index (χ0) is 25.0. The summed E-state index contributed by atoms with van der Waals surface area (Å²) in [7, 11) is 0. The first-order valence-electron chi connectivity index (χ1n) is 12.0. The maximum atomic E-state index is 12.7. The lowest BCUT2D eigenvalue weighted by atomic mass is 9.85. The second-order valence-electron chi connectivity index (χ2n) is 9.49. The number of rotatable bonds is 5. The smallest absolute Gasteiger partial charge is 0.248 e. The van der Waals surface area contributed by atoms with Gasteiger partial charge in [0.2, 0.25) is 5.91 Å². The van der Waals surface area contributed by atoms with Crippen LogP contribution in [0, 0.1) is 0 Å². The highest BCUT2D eigenvalue weighted by Crippen LogP contribution is 2.44. The van der Waals surface area contributed by atoms with Gasteiger partial charge >= 0.3 is 0 Å². The molecule has 11 heteroatoms. The molecule has 4 N–H and O–H groups in total. The van der Waals surface area contributed by atoms with Crippen LogP contribution in [0.4, 0.5) is 5.82 Å². The number of anilines is 1. The van der Waals surface area contributed by atoms with Gasteiger partial charge in [0.25, 0.3) is 0 Å². The predicted molar refractivity (Wildman–Crippen MR) is 131 cm³/mol. The number of nitrogens with zero attached hydrogens (tertiary/aromatic N) is 6. The summed E-state index contributed by atoms with van der Waals surface area (Å²) in [6, 6.07) is 3.85. The summed E-state index contributed by atoms with van der Waals surface area (Å²) in [5.74, 6) is 0.505. The fourth-order valence-electron chi connectivity index (χ4n) is 5.88. The highest BCUT2D eigenvalue weighted by Gasteiger charge is 2.44. The van der Waals surface area contributed by atoms with Crippen LogP contribution in [0.3, 0.4) is 0 Å². The molecule has 1 amide bonds. The molecule has 6 rings (SSSR count). The van der Waals surface area contributed by atoms with Gasteiger partial charge in [-0.3, -0.25) is 14.6 Å². The fraction of sp³-hybridized carbons (Fsp3) is 0.360. The molecule has 11 nitrogen and oxygen atoms in total. The zero-order valence-electron chi connectivity index (χ0n) is 19.8. The quantitative estimate of drug-likeness (QED) is 0.363.